The van der Waals surface area contributed by atoms with Crippen LogP contribution in [0.15, 0.2) is 30.3 Å². The molecule has 2 atom stereocenters. The van der Waals surface area contributed by atoms with Gasteiger partial charge in [-0.05, 0) is 55.9 Å². The monoisotopic (exact) mass is 534 g/mol. The lowest BCUT2D eigenvalue weighted by Gasteiger charge is -2.34. The van der Waals surface area contributed by atoms with Gasteiger partial charge in [0.15, 0.2) is 0 Å². The van der Waals surface area contributed by atoms with Gasteiger partial charge in [0.25, 0.3) is 0 Å². The number of fused-ring (bicyclic) bond motifs is 1. The summed E-state index contributed by atoms with van der Waals surface area (Å²) in [6.07, 6.45) is 1.32. The lowest BCUT2D eigenvalue weighted by atomic mass is 9.87. The highest BCUT2D eigenvalue weighted by Crippen LogP contribution is 2.42. The molecule has 0 saturated heterocycles. The van der Waals surface area contributed by atoms with E-state index < -0.39 is 45.7 Å². The second kappa shape index (κ2) is 11.7. The number of aliphatic hydroxyl groups excluding tert-OH is 2. The Bertz CT molecular complexity index is 1260. The van der Waals surface area contributed by atoms with E-state index in [-0.39, 0.29) is 12.3 Å². The minimum Gasteiger partial charge on any atom is -0.481 e. The maximum Gasteiger partial charge on any atom is 0.305 e. The molecule has 3 N–H and O–H groups in total. The number of aromatic nitrogens is 1. The molecule has 2 heterocycles. The van der Waals surface area contributed by atoms with Gasteiger partial charge in [-0.25, -0.2) is 17.8 Å². The number of benzene rings is 1. The largest absolute Gasteiger partial charge is 0.481 e. The summed E-state index contributed by atoms with van der Waals surface area (Å²) in [6, 6.07) is 5.95. The minimum absolute atomic E-state index is 0.121. The number of carboxylic acids is 1. The minimum atomic E-state index is -3.65. The molecule has 1 aliphatic heterocycles. The first kappa shape index (κ1) is 28.7. The molecule has 0 amide bonds. The van der Waals surface area contributed by atoms with Crippen LogP contribution in [0, 0.1) is 5.82 Å². The molecule has 2 aromatic rings. The van der Waals surface area contributed by atoms with Crippen LogP contribution in [0.1, 0.15) is 69.7 Å². The zero-order valence-corrected chi connectivity index (χ0v) is 22.4. The number of aliphatic hydroxyl groups is 2. The van der Waals surface area contributed by atoms with Crippen molar-refractivity contribution in [1.29, 1.82) is 0 Å². The number of nitrogens with zero attached hydrogens (tertiary/aromatic N) is 2. The average molecular weight is 535 g/mol. The van der Waals surface area contributed by atoms with Crippen LogP contribution >= 0.6 is 0 Å². The number of rotatable bonds is 10. The summed E-state index contributed by atoms with van der Waals surface area (Å²) in [6.45, 7) is 7.43. The van der Waals surface area contributed by atoms with Crippen molar-refractivity contribution < 1.29 is 32.9 Å². The first-order valence-electron chi connectivity index (χ1n) is 12.4. The summed E-state index contributed by atoms with van der Waals surface area (Å²) < 4.78 is 41.6. The number of halogens is 1. The van der Waals surface area contributed by atoms with Gasteiger partial charge in [0.2, 0.25) is 10.0 Å². The molecule has 1 aromatic carbocycles. The number of pyridine rings is 1. The molecule has 0 bridgehead atoms. The van der Waals surface area contributed by atoms with E-state index >= 15 is 0 Å². The lowest BCUT2D eigenvalue weighted by Crippen LogP contribution is -2.41. The van der Waals surface area contributed by atoms with Crippen molar-refractivity contribution in [2.45, 2.75) is 76.8 Å². The molecule has 0 radical (unpaired) electrons. The second-order valence-electron chi connectivity index (χ2n) is 9.93. The van der Waals surface area contributed by atoms with Crippen LogP contribution < -0.4 is 4.31 Å². The van der Waals surface area contributed by atoms with Crippen molar-refractivity contribution in [2.75, 3.05) is 10.8 Å². The van der Waals surface area contributed by atoms with Gasteiger partial charge in [0.05, 0.1) is 29.6 Å². The van der Waals surface area contributed by atoms with E-state index in [9.17, 15) is 27.8 Å². The Labute approximate surface area is 217 Å². The number of anilines is 1. The van der Waals surface area contributed by atoms with Crippen molar-refractivity contribution in [3.05, 3.63) is 53.0 Å². The number of hydrogen-bond acceptors (Lipinski definition) is 6. The Morgan fingerprint density at radius 2 is 1.81 bits per heavy atom. The lowest BCUT2D eigenvalue weighted by molar-refractivity contribution is -0.139. The molecule has 10 heteroatoms. The van der Waals surface area contributed by atoms with E-state index in [0.717, 1.165) is 5.56 Å². The van der Waals surface area contributed by atoms with E-state index in [0.29, 0.717) is 47.6 Å². The Balaban J connectivity index is 2.23. The molecule has 202 valence electrons. The van der Waals surface area contributed by atoms with Crippen molar-refractivity contribution in [2.24, 2.45) is 0 Å². The number of hydrogen-bond donors (Lipinski definition) is 3. The Hall–Kier alpha value is -2.82. The van der Waals surface area contributed by atoms with Crippen LogP contribution in [0.4, 0.5) is 10.2 Å². The molecule has 0 saturated carbocycles. The molecule has 1 aromatic heterocycles. The fraction of sp³-hybridized carbons (Fsp3) is 0.481. The standard InChI is InChI=1S/C27H35FN2O6S/c1-16(2)26-22(12-11-20(31)14-21(32)15-24(33)34)25(18-7-9-19(28)10-8-18)23-6-5-13-30(27(23)29-26)37(35,36)17(3)4/h7-12,16-17,20-21,31-32H,5-6,13-15H2,1-4H3,(H,33,34)/t20-,21-/m1/s1. The second-order valence-corrected chi connectivity index (χ2v) is 12.3. The number of aliphatic carboxylic acids is 1. The van der Waals surface area contributed by atoms with Crippen molar-refractivity contribution >= 4 is 27.9 Å². The normalized spacial score (nSPS) is 15.9. The Morgan fingerprint density at radius 1 is 1.16 bits per heavy atom. The van der Waals surface area contributed by atoms with Gasteiger partial charge in [-0.1, -0.05) is 38.1 Å². The molecule has 0 fully saturated rings. The van der Waals surface area contributed by atoms with E-state index in [1.165, 1.54) is 22.5 Å². The highest BCUT2D eigenvalue weighted by Gasteiger charge is 2.34. The average Bonchev–Trinajstić information content (AvgIpc) is 2.81. The topological polar surface area (TPSA) is 128 Å². The van der Waals surface area contributed by atoms with Gasteiger partial charge in [-0.3, -0.25) is 9.10 Å². The van der Waals surface area contributed by atoms with Crippen LogP contribution in [0.2, 0.25) is 0 Å². The summed E-state index contributed by atoms with van der Waals surface area (Å²) >= 11 is 0. The quantitative estimate of drug-likeness (QED) is 0.419. The number of carbonyl (C=O) groups is 1. The highest BCUT2D eigenvalue weighted by molar-refractivity contribution is 7.93. The summed E-state index contributed by atoms with van der Waals surface area (Å²) in [5.74, 6) is -1.31. The van der Waals surface area contributed by atoms with Gasteiger partial charge < -0.3 is 15.3 Å². The van der Waals surface area contributed by atoms with Crippen LogP contribution in [0.25, 0.3) is 17.2 Å². The molecule has 0 aliphatic carbocycles. The predicted molar refractivity (Wildman–Crippen MR) is 141 cm³/mol. The molecule has 8 nitrogen and oxygen atoms in total. The Morgan fingerprint density at radius 3 is 2.38 bits per heavy atom. The maximum atomic E-state index is 13.8. The first-order chi connectivity index (χ1) is 17.3. The molecular weight excluding hydrogens is 499 g/mol. The summed E-state index contributed by atoms with van der Waals surface area (Å²) in [7, 11) is -3.65. The maximum absolute atomic E-state index is 13.8. The SMILES string of the molecule is CC(C)c1nc2c(c(-c3ccc(F)cc3)c1C=C[C@@H](O)C[C@@H](O)CC(=O)O)CCCN2S(=O)(=O)C(C)C. The molecule has 3 rings (SSSR count). The van der Waals surface area contributed by atoms with Gasteiger partial charge in [-0.2, -0.15) is 0 Å². The van der Waals surface area contributed by atoms with Crippen LogP contribution in [-0.2, 0) is 21.2 Å². The van der Waals surface area contributed by atoms with E-state index in [1.807, 2.05) is 13.8 Å². The smallest absolute Gasteiger partial charge is 0.305 e. The molecule has 0 spiro atoms. The van der Waals surface area contributed by atoms with Crippen molar-refractivity contribution in [3.8, 4) is 11.1 Å². The summed E-state index contributed by atoms with van der Waals surface area (Å²) in [4.78, 5) is 15.7. The van der Waals surface area contributed by atoms with Crippen LogP contribution in [-0.4, -0.2) is 58.7 Å². The summed E-state index contributed by atoms with van der Waals surface area (Å²) in [5, 5.41) is 28.6. The van der Waals surface area contributed by atoms with Gasteiger partial charge in [0.1, 0.15) is 11.6 Å². The highest BCUT2D eigenvalue weighted by atomic mass is 32.2. The molecule has 37 heavy (non-hydrogen) atoms. The third-order valence-corrected chi connectivity index (χ3v) is 8.52. The van der Waals surface area contributed by atoms with Crippen LogP contribution in [0.3, 0.4) is 0 Å². The zero-order valence-electron chi connectivity index (χ0n) is 21.6. The van der Waals surface area contributed by atoms with Gasteiger partial charge in [-0.15, -0.1) is 0 Å². The van der Waals surface area contributed by atoms with E-state index in [1.54, 1.807) is 32.1 Å². The number of sulfonamides is 1. The van der Waals surface area contributed by atoms with Crippen molar-refractivity contribution in [3.63, 3.8) is 0 Å². The Kier molecular flexibility index (Phi) is 9.09. The fourth-order valence-electron chi connectivity index (χ4n) is 4.50. The molecule has 1 aliphatic rings. The summed E-state index contributed by atoms with van der Waals surface area (Å²) in [5.41, 5.74) is 3.40. The van der Waals surface area contributed by atoms with Gasteiger partial charge >= 0.3 is 5.97 Å². The predicted octanol–water partition coefficient (Wildman–Crippen LogP) is 4.10. The molecular formula is C27H35FN2O6S. The zero-order chi connectivity index (χ0) is 27.5. The first-order valence-corrected chi connectivity index (χ1v) is 13.9. The fourth-order valence-corrected chi connectivity index (χ4v) is 5.78. The third kappa shape index (κ3) is 6.55. The third-order valence-electron chi connectivity index (χ3n) is 6.36. The van der Waals surface area contributed by atoms with E-state index in [4.69, 9.17) is 10.1 Å². The molecule has 0 unspecified atom stereocenters. The van der Waals surface area contributed by atoms with Crippen molar-refractivity contribution in [1.82, 2.24) is 4.98 Å². The van der Waals surface area contributed by atoms with Gasteiger partial charge in [0, 0.05) is 24.1 Å². The number of carboxylic acid groups (broad SMARTS) is 1. The van der Waals surface area contributed by atoms with Crippen LogP contribution in [0.5, 0.6) is 0 Å². The van der Waals surface area contributed by atoms with E-state index in [2.05, 4.69) is 0 Å².